The first kappa shape index (κ1) is 22.1. The summed E-state index contributed by atoms with van der Waals surface area (Å²) in [4.78, 5) is 14.2. The SMILES string of the molecule is Cc1cc(C)cc(C(c2ccc(OCc3ccccc3)cc2)N2CCCCC2C(=O)O)c1. The van der Waals surface area contributed by atoms with Gasteiger partial charge in [0.05, 0.1) is 6.04 Å². The smallest absolute Gasteiger partial charge is 0.320 e. The third-order valence-electron chi connectivity index (χ3n) is 6.16. The summed E-state index contributed by atoms with van der Waals surface area (Å²) in [6.45, 7) is 5.49. The Morgan fingerprint density at radius 2 is 1.66 bits per heavy atom. The minimum atomic E-state index is -0.734. The second-order valence-electron chi connectivity index (χ2n) is 8.75. The molecule has 0 aliphatic carbocycles. The molecule has 1 aliphatic heterocycles. The molecule has 1 heterocycles. The molecule has 0 bridgehead atoms. The van der Waals surface area contributed by atoms with Gasteiger partial charge in [-0.3, -0.25) is 9.69 Å². The van der Waals surface area contributed by atoms with E-state index in [1.165, 1.54) is 11.1 Å². The summed E-state index contributed by atoms with van der Waals surface area (Å²) in [5.41, 5.74) is 5.75. The number of rotatable bonds is 7. The van der Waals surface area contributed by atoms with Crippen LogP contribution in [0.5, 0.6) is 5.75 Å². The van der Waals surface area contributed by atoms with E-state index < -0.39 is 12.0 Å². The molecule has 3 aromatic rings. The highest BCUT2D eigenvalue weighted by Gasteiger charge is 2.35. The van der Waals surface area contributed by atoms with Crippen LogP contribution in [0.1, 0.15) is 53.1 Å². The van der Waals surface area contributed by atoms with Crippen molar-refractivity contribution in [2.75, 3.05) is 6.54 Å². The van der Waals surface area contributed by atoms with Crippen LogP contribution in [-0.4, -0.2) is 28.6 Å². The minimum Gasteiger partial charge on any atom is -0.489 e. The number of aliphatic carboxylic acids is 1. The van der Waals surface area contributed by atoms with Crippen molar-refractivity contribution >= 4 is 5.97 Å². The van der Waals surface area contributed by atoms with Crippen LogP contribution in [-0.2, 0) is 11.4 Å². The molecule has 3 aromatic carbocycles. The Bertz CT molecular complexity index is 1030. The molecule has 4 heteroatoms. The number of likely N-dealkylation sites (tertiary alicyclic amines) is 1. The number of hydrogen-bond acceptors (Lipinski definition) is 3. The standard InChI is InChI=1S/C28H31NO3/c1-20-16-21(2)18-24(17-20)27(29-15-7-6-10-26(29)28(30)31)23-11-13-25(14-12-23)32-19-22-8-4-3-5-9-22/h3-5,8-9,11-14,16-18,26-27H,6-7,10,15,19H2,1-2H3,(H,30,31). The Kier molecular flexibility index (Phi) is 6.91. The molecule has 2 atom stereocenters. The van der Waals surface area contributed by atoms with Gasteiger partial charge in [-0.25, -0.2) is 0 Å². The number of carboxylic acids is 1. The molecule has 0 radical (unpaired) electrons. The van der Waals surface area contributed by atoms with Gasteiger partial charge in [-0.15, -0.1) is 0 Å². The van der Waals surface area contributed by atoms with E-state index in [4.69, 9.17) is 4.74 Å². The quantitative estimate of drug-likeness (QED) is 0.507. The highest BCUT2D eigenvalue weighted by atomic mass is 16.5. The van der Waals surface area contributed by atoms with Gasteiger partial charge in [0.1, 0.15) is 18.4 Å². The lowest BCUT2D eigenvalue weighted by atomic mass is 9.90. The van der Waals surface area contributed by atoms with E-state index in [-0.39, 0.29) is 6.04 Å². The third kappa shape index (κ3) is 5.20. The maximum absolute atomic E-state index is 12.1. The van der Waals surface area contributed by atoms with Crippen molar-refractivity contribution in [2.24, 2.45) is 0 Å². The summed E-state index contributed by atoms with van der Waals surface area (Å²) in [7, 11) is 0. The van der Waals surface area contributed by atoms with Crippen molar-refractivity contribution in [2.45, 2.75) is 51.8 Å². The van der Waals surface area contributed by atoms with Crippen molar-refractivity contribution < 1.29 is 14.6 Å². The molecule has 0 saturated carbocycles. The van der Waals surface area contributed by atoms with Crippen molar-refractivity contribution in [3.8, 4) is 5.75 Å². The zero-order chi connectivity index (χ0) is 22.5. The van der Waals surface area contributed by atoms with Gasteiger partial charge in [-0.2, -0.15) is 0 Å². The molecule has 0 amide bonds. The van der Waals surface area contributed by atoms with Crippen LogP contribution < -0.4 is 4.74 Å². The fourth-order valence-electron chi connectivity index (χ4n) is 4.76. The largest absolute Gasteiger partial charge is 0.489 e. The van der Waals surface area contributed by atoms with Crippen molar-refractivity contribution in [3.63, 3.8) is 0 Å². The summed E-state index contributed by atoms with van der Waals surface area (Å²) in [5.74, 6) is 0.0760. The lowest BCUT2D eigenvalue weighted by Gasteiger charge is -2.40. The molecular formula is C28H31NO3. The Balaban J connectivity index is 1.64. The van der Waals surface area contributed by atoms with Crippen LogP contribution in [0.15, 0.2) is 72.8 Å². The van der Waals surface area contributed by atoms with E-state index >= 15 is 0 Å². The Labute approximate surface area is 190 Å². The molecule has 0 spiro atoms. The van der Waals surface area contributed by atoms with Gasteiger partial charge in [0.25, 0.3) is 0 Å². The zero-order valence-corrected chi connectivity index (χ0v) is 18.8. The molecule has 166 valence electrons. The summed E-state index contributed by atoms with van der Waals surface area (Å²) in [6.07, 6.45) is 2.66. The molecule has 1 N–H and O–H groups in total. The number of carboxylic acid groups (broad SMARTS) is 1. The lowest BCUT2D eigenvalue weighted by Crippen LogP contribution is -2.46. The van der Waals surface area contributed by atoms with E-state index in [0.717, 1.165) is 41.8 Å². The van der Waals surface area contributed by atoms with Gasteiger partial charge in [0.2, 0.25) is 0 Å². The second kappa shape index (κ2) is 10.0. The van der Waals surface area contributed by atoms with Gasteiger partial charge in [-0.05, 0) is 62.1 Å². The number of ether oxygens (including phenoxy) is 1. The monoisotopic (exact) mass is 429 g/mol. The van der Waals surface area contributed by atoms with E-state index in [9.17, 15) is 9.90 Å². The van der Waals surface area contributed by atoms with Crippen LogP contribution in [0.4, 0.5) is 0 Å². The number of aryl methyl sites for hydroxylation is 2. The number of piperidine rings is 1. The molecular weight excluding hydrogens is 398 g/mol. The highest BCUT2D eigenvalue weighted by Crippen LogP contribution is 2.35. The Morgan fingerprint density at radius 1 is 0.969 bits per heavy atom. The molecule has 4 nitrogen and oxygen atoms in total. The van der Waals surface area contributed by atoms with Crippen LogP contribution in [0.3, 0.4) is 0 Å². The van der Waals surface area contributed by atoms with Crippen LogP contribution in [0.25, 0.3) is 0 Å². The molecule has 1 aliphatic rings. The van der Waals surface area contributed by atoms with Crippen molar-refractivity contribution in [1.29, 1.82) is 0 Å². The van der Waals surface area contributed by atoms with Gasteiger partial charge >= 0.3 is 5.97 Å². The summed E-state index contributed by atoms with van der Waals surface area (Å²) >= 11 is 0. The van der Waals surface area contributed by atoms with Gasteiger partial charge in [-0.1, -0.05) is 78.2 Å². The van der Waals surface area contributed by atoms with Crippen LogP contribution in [0.2, 0.25) is 0 Å². The van der Waals surface area contributed by atoms with Gasteiger partial charge < -0.3 is 9.84 Å². The fraction of sp³-hybridized carbons (Fsp3) is 0.321. The minimum absolute atomic E-state index is 0.0989. The average Bonchev–Trinajstić information content (AvgIpc) is 2.79. The molecule has 0 aromatic heterocycles. The van der Waals surface area contributed by atoms with E-state index in [1.54, 1.807) is 0 Å². The number of benzene rings is 3. The molecule has 4 rings (SSSR count). The summed E-state index contributed by atoms with van der Waals surface area (Å²) in [5, 5.41) is 9.92. The topological polar surface area (TPSA) is 49.8 Å². The Morgan fingerprint density at radius 3 is 2.31 bits per heavy atom. The summed E-state index contributed by atoms with van der Waals surface area (Å²) < 4.78 is 5.97. The number of carbonyl (C=O) groups is 1. The normalized spacial score (nSPS) is 17.6. The lowest BCUT2D eigenvalue weighted by molar-refractivity contribution is -0.145. The van der Waals surface area contributed by atoms with Crippen LogP contribution >= 0.6 is 0 Å². The highest BCUT2D eigenvalue weighted by molar-refractivity contribution is 5.73. The molecule has 32 heavy (non-hydrogen) atoms. The second-order valence-corrected chi connectivity index (χ2v) is 8.75. The average molecular weight is 430 g/mol. The van der Waals surface area contributed by atoms with E-state index in [2.05, 4.69) is 49.1 Å². The predicted molar refractivity (Wildman–Crippen MR) is 127 cm³/mol. The molecule has 1 fully saturated rings. The number of hydrogen-bond donors (Lipinski definition) is 1. The van der Waals surface area contributed by atoms with E-state index in [0.29, 0.717) is 13.0 Å². The van der Waals surface area contributed by atoms with Crippen molar-refractivity contribution in [3.05, 3.63) is 101 Å². The van der Waals surface area contributed by atoms with Crippen LogP contribution in [0, 0.1) is 13.8 Å². The zero-order valence-electron chi connectivity index (χ0n) is 18.8. The fourth-order valence-corrected chi connectivity index (χ4v) is 4.76. The number of nitrogens with zero attached hydrogens (tertiary/aromatic N) is 1. The Hall–Kier alpha value is -3.11. The summed E-state index contributed by atoms with van der Waals surface area (Å²) in [6, 6.07) is 24.2. The van der Waals surface area contributed by atoms with Gasteiger partial charge in [0, 0.05) is 0 Å². The predicted octanol–water partition coefficient (Wildman–Crippen LogP) is 5.91. The van der Waals surface area contributed by atoms with E-state index in [1.807, 2.05) is 42.5 Å². The first-order valence-corrected chi connectivity index (χ1v) is 11.3. The van der Waals surface area contributed by atoms with Gasteiger partial charge in [0.15, 0.2) is 0 Å². The molecule has 1 saturated heterocycles. The maximum atomic E-state index is 12.1. The third-order valence-corrected chi connectivity index (χ3v) is 6.16. The first-order valence-electron chi connectivity index (χ1n) is 11.3. The maximum Gasteiger partial charge on any atom is 0.320 e. The van der Waals surface area contributed by atoms with Crippen molar-refractivity contribution in [1.82, 2.24) is 4.90 Å². The first-order chi connectivity index (χ1) is 15.5. The molecule has 2 unspecified atom stereocenters.